The molecule has 6 heteroatoms. The third-order valence-electron chi connectivity index (χ3n) is 1.85. The molecule has 0 spiro atoms. The van der Waals surface area contributed by atoms with Gasteiger partial charge in [-0.1, -0.05) is 0 Å². The molecule has 1 rings (SSSR count). The zero-order valence-corrected chi connectivity index (χ0v) is 6.79. The molecule has 1 aliphatic rings. The monoisotopic (exact) mass is 181 g/mol. The van der Waals surface area contributed by atoms with E-state index in [9.17, 15) is 8.42 Å². The predicted octanol–water partition coefficient (Wildman–Crippen LogP) is -1.10. The second-order valence-corrected chi connectivity index (χ2v) is 4.34. The van der Waals surface area contributed by atoms with Gasteiger partial charge in [0.1, 0.15) is 5.25 Å². The molecule has 0 radical (unpaired) electrons. The molecule has 1 atom stereocenters. The number of hydrogen-bond acceptors (Lipinski definition) is 4. The summed E-state index contributed by atoms with van der Waals surface area (Å²) < 4.78 is 29.7. The second kappa shape index (κ2) is 3.06. The third kappa shape index (κ3) is 2.13. The van der Waals surface area contributed by atoms with E-state index in [1.807, 2.05) is 0 Å². The highest BCUT2D eigenvalue weighted by Gasteiger charge is 2.30. The van der Waals surface area contributed by atoms with E-state index < -0.39 is 15.4 Å². The van der Waals surface area contributed by atoms with E-state index in [1.165, 1.54) is 0 Å². The van der Waals surface area contributed by atoms with Gasteiger partial charge in [-0.25, -0.2) is 0 Å². The van der Waals surface area contributed by atoms with Crippen molar-refractivity contribution in [2.24, 2.45) is 0 Å². The molecule has 0 aliphatic carbocycles. The summed E-state index contributed by atoms with van der Waals surface area (Å²) in [4.78, 5) is 1.57. The summed E-state index contributed by atoms with van der Waals surface area (Å²) in [6.45, 7) is 0.613. The van der Waals surface area contributed by atoms with E-state index in [0.29, 0.717) is 13.0 Å². The topological polar surface area (TPSA) is 77.8 Å². The van der Waals surface area contributed by atoms with Crippen molar-refractivity contribution in [1.82, 2.24) is 4.90 Å². The largest absolute Gasteiger partial charge is 0.381 e. The van der Waals surface area contributed by atoms with Crippen molar-refractivity contribution < 1.29 is 18.1 Å². The zero-order valence-electron chi connectivity index (χ0n) is 5.97. The number of aliphatic hydroxyl groups excluding tert-OH is 1. The van der Waals surface area contributed by atoms with Gasteiger partial charge < -0.3 is 5.11 Å². The molecule has 0 amide bonds. The van der Waals surface area contributed by atoms with Gasteiger partial charge in [-0.2, -0.15) is 8.42 Å². The van der Waals surface area contributed by atoms with Crippen LogP contribution in [0.5, 0.6) is 0 Å². The maximum atomic E-state index is 10.5. The van der Waals surface area contributed by atoms with Crippen LogP contribution in [0.4, 0.5) is 0 Å². The lowest BCUT2D eigenvalue weighted by Gasteiger charge is -2.09. The SMILES string of the molecule is O=S(=O)(O)C1CCN(CO)C1. The lowest BCUT2D eigenvalue weighted by Crippen LogP contribution is -2.27. The molecule has 11 heavy (non-hydrogen) atoms. The van der Waals surface area contributed by atoms with E-state index in [2.05, 4.69) is 0 Å². The third-order valence-corrected chi connectivity index (χ3v) is 3.08. The van der Waals surface area contributed by atoms with Gasteiger partial charge in [0, 0.05) is 13.1 Å². The molecule has 5 nitrogen and oxygen atoms in total. The fourth-order valence-electron chi connectivity index (χ4n) is 1.17. The molecule has 0 aromatic carbocycles. The minimum Gasteiger partial charge on any atom is -0.381 e. The summed E-state index contributed by atoms with van der Waals surface area (Å²) in [6.07, 6.45) is 0.402. The molecule has 1 saturated heterocycles. The van der Waals surface area contributed by atoms with Crippen LogP contribution in [0.3, 0.4) is 0 Å². The average molecular weight is 181 g/mol. The van der Waals surface area contributed by atoms with Gasteiger partial charge in [0.25, 0.3) is 10.1 Å². The van der Waals surface area contributed by atoms with Crippen LogP contribution in [-0.2, 0) is 10.1 Å². The summed E-state index contributed by atoms with van der Waals surface area (Å²) in [7, 11) is -3.90. The Bertz CT molecular complexity index is 225. The lowest BCUT2D eigenvalue weighted by atomic mass is 10.4. The fourth-order valence-corrected chi connectivity index (χ4v) is 1.97. The van der Waals surface area contributed by atoms with Gasteiger partial charge in [0.05, 0.1) is 6.73 Å². The van der Waals surface area contributed by atoms with Crippen LogP contribution in [0.15, 0.2) is 0 Å². The van der Waals surface area contributed by atoms with Gasteiger partial charge in [0.15, 0.2) is 0 Å². The van der Waals surface area contributed by atoms with Crippen molar-refractivity contribution in [1.29, 1.82) is 0 Å². The van der Waals surface area contributed by atoms with Crippen LogP contribution in [0, 0.1) is 0 Å². The number of aliphatic hydroxyl groups is 1. The standard InChI is InChI=1S/C5H11NO4S/c7-4-6-2-1-5(3-6)11(8,9)10/h5,7H,1-4H2,(H,8,9,10). The van der Waals surface area contributed by atoms with Gasteiger partial charge in [-0.15, -0.1) is 0 Å². The number of nitrogens with zero attached hydrogens (tertiary/aromatic N) is 1. The maximum Gasteiger partial charge on any atom is 0.269 e. The summed E-state index contributed by atoms with van der Waals surface area (Å²) in [5.41, 5.74) is 0. The Balaban J connectivity index is 2.55. The number of likely N-dealkylation sites (tertiary alicyclic amines) is 1. The van der Waals surface area contributed by atoms with Crippen LogP contribution in [0.2, 0.25) is 0 Å². The van der Waals surface area contributed by atoms with Crippen LogP contribution in [-0.4, -0.2) is 48.0 Å². The molecule has 1 fully saturated rings. The molecule has 1 unspecified atom stereocenters. The average Bonchev–Trinajstić information content (AvgIpc) is 2.32. The van der Waals surface area contributed by atoms with Gasteiger partial charge in [-0.3, -0.25) is 9.45 Å². The predicted molar refractivity (Wildman–Crippen MR) is 38.6 cm³/mol. The Labute approximate surface area is 65.4 Å². The first-order valence-corrected chi connectivity index (χ1v) is 4.84. The van der Waals surface area contributed by atoms with E-state index in [4.69, 9.17) is 9.66 Å². The Morgan fingerprint density at radius 2 is 2.18 bits per heavy atom. The van der Waals surface area contributed by atoms with Gasteiger partial charge in [0.2, 0.25) is 0 Å². The molecule has 0 saturated carbocycles. The quantitative estimate of drug-likeness (QED) is 0.529. The molecular formula is C5H11NO4S. The highest BCUT2D eigenvalue weighted by Crippen LogP contribution is 2.14. The van der Waals surface area contributed by atoms with Crippen molar-refractivity contribution >= 4 is 10.1 Å². The Morgan fingerprint density at radius 3 is 2.45 bits per heavy atom. The summed E-state index contributed by atoms with van der Waals surface area (Å²) in [5.74, 6) is 0. The van der Waals surface area contributed by atoms with E-state index in [1.54, 1.807) is 4.90 Å². The molecule has 66 valence electrons. The number of rotatable bonds is 2. The Morgan fingerprint density at radius 1 is 1.55 bits per heavy atom. The van der Waals surface area contributed by atoms with E-state index in [0.717, 1.165) is 0 Å². The molecule has 1 heterocycles. The zero-order chi connectivity index (χ0) is 8.48. The molecule has 0 bridgehead atoms. The molecule has 0 aromatic rings. The molecule has 2 N–H and O–H groups in total. The molecule has 1 aliphatic heterocycles. The summed E-state index contributed by atoms with van der Waals surface area (Å²) >= 11 is 0. The normalized spacial score (nSPS) is 27.6. The van der Waals surface area contributed by atoms with Crippen molar-refractivity contribution in [2.75, 3.05) is 19.8 Å². The second-order valence-electron chi connectivity index (χ2n) is 2.64. The minimum absolute atomic E-state index is 0.147. The first-order chi connectivity index (χ1) is 5.04. The minimum atomic E-state index is -3.90. The van der Waals surface area contributed by atoms with Crippen molar-refractivity contribution in [2.45, 2.75) is 11.7 Å². The van der Waals surface area contributed by atoms with Crippen LogP contribution >= 0.6 is 0 Å². The van der Waals surface area contributed by atoms with Gasteiger partial charge in [-0.05, 0) is 6.42 Å². The van der Waals surface area contributed by atoms with Crippen molar-refractivity contribution in [3.05, 3.63) is 0 Å². The van der Waals surface area contributed by atoms with Crippen molar-refractivity contribution in [3.63, 3.8) is 0 Å². The first kappa shape index (κ1) is 8.92. The Hall–Kier alpha value is -0.170. The number of hydrogen-bond donors (Lipinski definition) is 2. The summed E-state index contributed by atoms with van der Waals surface area (Å²) in [5, 5.41) is 7.89. The highest BCUT2D eigenvalue weighted by atomic mass is 32.2. The van der Waals surface area contributed by atoms with Crippen LogP contribution in [0.25, 0.3) is 0 Å². The fraction of sp³-hybridized carbons (Fsp3) is 1.00. The highest BCUT2D eigenvalue weighted by molar-refractivity contribution is 7.86. The smallest absolute Gasteiger partial charge is 0.269 e. The lowest BCUT2D eigenvalue weighted by molar-refractivity contribution is 0.132. The van der Waals surface area contributed by atoms with Crippen molar-refractivity contribution in [3.8, 4) is 0 Å². The molecular weight excluding hydrogens is 170 g/mol. The molecule has 0 aromatic heterocycles. The van der Waals surface area contributed by atoms with Gasteiger partial charge >= 0.3 is 0 Å². The van der Waals surface area contributed by atoms with Crippen LogP contribution in [0.1, 0.15) is 6.42 Å². The van der Waals surface area contributed by atoms with Crippen LogP contribution < -0.4 is 0 Å². The maximum absolute atomic E-state index is 10.5. The van der Waals surface area contributed by atoms with E-state index >= 15 is 0 Å². The summed E-state index contributed by atoms with van der Waals surface area (Å²) in [6, 6.07) is 0. The Kier molecular flexibility index (Phi) is 2.48. The first-order valence-electron chi connectivity index (χ1n) is 3.33. The van der Waals surface area contributed by atoms with E-state index in [-0.39, 0.29) is 13.3 Å².